The number of halogens is 3. The molecule has 1 saturated heterocycles. The van der Waals surface area contributed by atoms with Gasteiger partial charge in [0.1, 0.15) is 5.82 Å². The number of benzene rings is 1. The fourth-order valence-electron chi connectivity index (χ4n) is 2.28. The normalized spacial score (nSPS) is 16.6. The average Bonchev–Trinajstić information content (AvgIpc) is 2.42. The smallest absolute Gasteiger partial charge is 0.167 e. The summed E-state index contributed by atoms with van der Waals surface area (Å²) in [4.78, 5) is 2.20. The molecular formula is C13H17ClF2N2O. The molecule has 0 saturated carbocycles. The van der Waals surface area contributed by atoms with Gasteiger partial charge < -0.3 is 15.0 Å². The van der Waals surface area contributed by atoms with Gasteiger partial charge in [0.15, 0.2) is 11.6 Å². The fraction of sp³-hybridized carbons (Fsp3) is 0.538. The van der Waals surface area contributed by atoms with Gasteiger partial charge in [-0.3, -0.25) is 0 Å². The van der Waals surface area contributed by atoms with Crippen LogP contribution in [0.4, 0.5) is 8.78 Å². The van der Waals surface area contributed by atoms with Crippen LogP contribution in [-0.4, -0.2) is 44.7 Å². The monoisotopic (exact) mass is 290 g/mol. The molecule has 0 atom stereocenters. The first-order valence-corrected chi connectivity index (χ1v) is 6.64. The Kier molecular flexibility index (Phi) is 4.96. The van der Waals surface area contributed by atoms with E-state index in [0.29, 0.717) is 13.0 Å². The lowest BCUT2D eigenvalue weighted by Gasteiger charge is -2.27. The van der Waals surface area contributed by atoms with Crippen LogP contribution in [0.15, 0.2) is 6.07 Å². The Hall–Kier alpha value is -0.910. The Morgan fingerprint density at radius 2 is 2.05 bits per heavy atom. The summed E-state index contributed by atoms with van der Waals surface area (Å²) >= 11 is 5.68. The van der Waals surface area contributed by atoms with E-state index in [-0.39, 0.29) is 16.3 Å². The minimum absolute atomic E-state index is 0.0444. The van der Waals surface area contributed by atoms with Crippen molar-refractivity contribution >= 4 is 11.6 Å². The minimum atomic E-state index is -0.621. The third-order valence-corrected chi connectivity index (χ3v) is 3.59. The van der Waals surface area contributed by atoms with Crippen LogP contribution in [0, 0.1) is 11.6 Å². The van der Waals surface area contributed by atoms with Gasteiger partial charge in [-0.25, -0.2) is 8.78 Å². The van der Waals surface area contributed by atoms with Crippen molar-refractivity contribution in [3.05, 3.63) is 28.3 Å². The number of rotatable bonds is 4. The summed E-state index contributed by atoms with van der Waals surface area (Å²) in [6.07, 6.45) is 0.381. The van der Waals surface area contributed by atoms with Crippen LogP contribution in [0.2, 0.25) is 5.02 Å². The Bertz CT molecular complexity index is 451. The second-order valence-electron chi connectivity index (χ2n) is 4.51. The summed E-state index contributed by atoms with van der Waals surface area (Å²) in [5.74, 6) is -1.25. The van der Waals surface area contributed by atoms with Gasteiger partial charge >= 0.3 is 0 Å². The second-order valence-corrected chi connectivity index (χ2v) is 4.91. The topological polar surface area (TPSA) is 24.5 Å². The summed E-state index contributed by atoms with van der Waals surface area (Å²) in [6, 6.07) is 0.948. The number of piperazine rings is 1. The lowest BCUT2D eigenvalue weighted by atomic mass is 10.1. The summed E-state index contributed by atoms with van der Waals surface area (Å²) in [7, 11) is 1.33. The Morgan fingerprint density at radius 3 is 2.68 bits per heavy atom. The van der Waals surface area contributed by atoms with Crippen LogP contribution < -0.4 is 10.1 Å². The number of ether oxygens (including phenoxy) is 1. The molecule has 19 heavy (non-hydrogen) atoms. The minimum Gasteiger partial charge on any atom is -0.493 e. The van der Waals surface area contributed by atoms with Crippen LogP contribution >= 0.6 is 11.6 Å². The van der Waals surface area contributed by atoms with Gasteiger partial charge in [0.25, 0.3) is 0 Å². The highest BCUT2D eigenvalue weighted by Crippen LogP contribution is 2.31. The van der Waals surface area contributed by atoms with Crippen molar-refractivity contribution in [1.29, 1.82) is 0 Å². The maximum Gasteiger partial charge on any atom is 0.167 e. The van der Waals surface area contributed by atoms with Crippen LogP contribution in [-0.2, 0) is 6.42 Å². The molecule has 2 rings (SSSR count). The molecule has 1 fully saturated rings. The highest BCUT2D eigenvalue weighted by Gasteiger charge is 2.19. The van der Waals surface area contributed by atoms with Gasteiger partial charge in [0, 0.05) is 38.3 Å². The third kappa shape index (κ3) is 3.35. The summed E-state index contributed by atoms with van der Waals surface area (Å²) in [6.45, 7) is 4.32. The van der Waals surface area contributed by atoms with E-state index in [1.165, 1.54) is 7.11 Å². The number of methoxy groups -OCH3 is 1. The molecule has 6 heteroatoms. The lowest BCUT2D eigenvalue weighted by molar-refractivity contribution is 0.242. The number of nitrogens with zero attached hydrogens (tertiary/aromatic N) is 1. The van der Waals surface area contributed by atoms with E-state index in [2.05, 4.69) is 10.2 Å². The largest absolute Gasteiger partial charge is 0.493 e. The zero-order valence-electron chi connectivity index (χ0n) is 10.8. The number of hydrogen-bond donors (Lipinski definition) is 1. The number of nitrogens with one attached hydrogen (secondary N) is 1. The molecule has 0 spiro atoms. The van der Waals surface area contributed by atoms with E-state index in [0.717, 1.165) is 32.2 Å². The molecule has 0 aliphatic carbocycles. The molecule has 1 aromatic rings. The molecule has 1 heterocycles. The molecule has 0 amide bonds. The SMILES string of the molecule is COc1c(F)cc(Cl)c(F)c1CCN1CCNCC1. The molecule has 1 aliphatic rings. The Morgan fingerprint density at radius 1 is 1.37 bits per heavy atom. The van der Waals surface area contributed by atoms with Crippen molar-refractivity contribution in [1.82, 2.24) is 10.2 Å². The zero-order valence-corrected chi connectivity index (χ0v) is 11.6. The predicted octanol–water partition coefficient (Wildman–Crippen LogP) is 2.07. The van der Waals surface area contributed by atoms with Crippen molar-refractivity contribution in [2.24, 2.45) is 0 Å². The van der Waals surface area contributed by atoms with Crippen LogP contribution in [0.25, 0.3) is 0 Å². The van der Waals surface area contributed by atoms with E-state index in [1.54, 1.807) is 0 Å². The first kappa shape index (κ1) is 14.5. The first-order valence-electron chi connectivity index (χ1n) is 6.27. The Balaban J connectivity index is 2.13. The fourth-order valence-corrected chi connectivity index (χ4v) is 2.49. The van der Waals surface area contributed by atoms with Crippen LogP contribution in [0.1, 0.15) is 5.56 Å². The lowest BCUT2D eigenvalue weighted by Crippen LogP contribution is -2.44. The van der Waals surface area contributed by atoms with Crippen LogP contribution in [0.3, 0.4) is 0 Å². The molecule has 106 valence electrons. The highest BCUT2D eigenvalue weighted by atomic mass is 35.5. The molecule has 0 unspecified atom stereocenters. The van der Waals surface area contributed by atoms with E-state index in [1.807, 2.05) is 0 Å². The number of hydrogen-bond acceptors (Lipinski definition) is 3. The van der Waals surface area contributed by atoms with E-state index >= 15 is 0 Å². The van der Waals surface area contributed by atoms with Gasteiger partial charge in [-0.15, -0.1) is 0 Å². The van der Waals surface area contributed by atoms with E-state index < -0.39 is 11.6 Å². The molecule has 3 nitrogen and oxygen atoms in total. The summed E-state index contributed by atoms with van der Waals surface area (Å²) in [5, 5.41) is 3.04. The average molecular weight is 291 g/mol. The molecule has 1 N–H and O–H groups in total. The highest BCUT2D eigenvalue weighted by molar-refractivity contribution is 6.30. The van der Waals surface area contributed by atoms with Crippen molar-refractivity contribution < 1.29 is 13.5 Å². The third-order valence-electron chi connectivity index (χ3n) is 3.31. The summed E-state index contributed by atoms with van der Waals surface area (Å²) < 4.78 is 32.6. The maximum atomic E-state index is 14.0. The molecule has 0 bridgehead atoms. The predicted molar refractivity (Wildman–Crippen MR) is 70.9 cm³/mol. The van der Waals surface area contributed by atoms with Gasteiger partial charge in [-0.1, -0.05) is 11.6 Å². The van der Waals surface area contributed by atoms with Crippen LogP contribution in [0.5, 0.6) is 5.75 Å². The van der Waals surface area contributed by atoms with Crippen molar-refractivity contribution in [2.75, 3.05) is 39.8 Å². The molecule has 0 radical (unpaired) electrons. The van der Waals surface area contributed by atoms with Crippen molar-refractivity contribution in [2.45, 2.75) is 6.42 Å². The van der Waals surface area contributed by atoms with Gasteiger partial charge in [-0.2, -0.15) is 0 Å². The zero-order chi connectivity index (χ0) is 13.8. The Labute approximate surface area is 116 Å². The molecule has 1 aliphatic heterocycles. The van der Waals surface area contributed by atoms with Gasteiger partial charge in [0.2, 0.25) is 0 Å². The second kappa shape index (κ2) is 6.50. The van der Waals surface area contributed by atoms with Gasteiger partial charge in [0.05, 0.1) is 12.1 Å². The standard InChI is InChI=1S/C13H17ClF2N2O/c1-19-13-9(12(16)10(14)8-11(13)15)2-5-18-6-3-17-4-7-18/h8,17H,2-7H2,1H3. The first-order chi connectivity index (χ1) is 9.13. The maximum absolute atomic E-state index is 14.0. The quantitative estimate of drug-likeness (QED) is 0.859. The van der Waals surface area contributed by atoms with Crippen molar-refractivity contribution in [3.8, 4) is 5.75 Å². The van der Waals surface area contributed by atoms with E-state index in [9.17, 15) is 8.78 Å². The van der Waals surface area contributed by atoms with E-state index in [4.69, 9.17) is 16.3 Å². The molecular weight excluding hydrogens is 274 g/mol. The summed E-state index contributed by atoms with van der Waals surface area (Å²) in [5.41, 5.74) is 0.214. The molecule has 0 aromatic heterocycles. The van der Waals surface area contributed by atoms with Crippen molar-refractivity contribution in [3.63, 3.8) is 0 Å². The van der Waals surface area contributed by atoms with Gasteiger partial charge in [-0.05, 0) is 12.5 Å². The molecule has 1 aromatic carbocycles.